The molecule has 0 unspecified atom stereocenters. The Bertz CT molecular complexity index is 908. The quantitative estimate of drug-likeness (QED) is 0.659. The van der Waals surface area contributed by atoms with Gasteiger partial charge in [0.25, 0.3) is 0 Å². The highest BCUT2D eigenvalue weighted by Gasteiger charge is 2.34. The fourth-order valence-corrected chi connectivity index (χ4v) is 3.63. The van der Waals surface area contributed by atoms with Gasteiger partial charge in [-0.2, -0.15) is 0 Å². The first-order valence-corrected chi connectivity index (χ1v) is 7.39. The van der Waals surface area contributed by atoms with Crippen LogP contribution in [-0.4, -0.2) is 15.8 Å². The molecule has 3 nitrogen and oxygen atoms in total. The van der Waals surface area contributed by atoms with Crippen LogP contribution in [0.1, 0.15) is 42.0 Å². The van der Waals surface area contributed by atoms with Crippen LogP contribution in [0.15, 0.2) is 24.3 Å². The molecule has 0 saturated heterocycles. The van der Waals surface area contributed by atoms with E-state index in [-0.39, 0.29) is 23.6 Å². The van der Waals surface area contributed by atoms with E-state index in [1.54, 1.807) is 0 Å². The molecule has 0 spiro atoms. The molecule has 0 bridgehead atoms. The number of H-pyrrole nitrogens is 1. The van der Waals surface area contributed by atoms with Crippen LogP contribution in [0.4, 0.5) is 0 Å². The van der Waals surface area contributed by atoms with Crippen LogP contribution < -0.4 is 0 Å². The van der Waals surface area contributed by atoms with Gasteiger partial charge >= 0.3 is 0 Å². The number of aromatic amines is 1. The van der Waals surface area contributed by atoms with E-state index in [0.29, 0.717) is 6.42 Å². The van der Waals surface area contributed by atoms with Crippen molar-refractivity contribution >= 4 is 40.0 Å². The molecule has 114 valence electrons. The highest BCUT2D eigenvalue weighted by Crippen LogP contribution is 2.39. The fourth-order valence-electron chi connectivity index (χ4n) is 3.63. The van der Waals surface area contributed by atoms with Gasteiger partial charge in [-0.3, -0.25) is 9.78 Å². The zero-order valence-electron chi connectivity index (χ0n) is 13.0. The van der Waals surface area contributed by atoms with Crippen LogP contribution in [-0.2, 0) is 6.42 Å². The standard InChI is InChI=1S/C18H18N2O.ClH/c1-10-15-11-6-4-5-7-12(11)20-17(15)16-13(19-10)8-18(2,3)9-14(16)21;/h4-7,20H,8-9H2,1-3H3;1H. The number of nitrogens with one attached hydrogen (secondary N) is 1. The summed E-state index contributed by atoms with van der Waals surface area (Å²) in [5.41, 5.74) is 4.82. The third kappa shape index (κ3) is 2.03. The lowest BCUT2D eigenvalue weighted by Crippen LogP contribution is -2.28. The fraction of sp³-hybridized carbons (Fsp3) is 0.333. The molecule has 2 aromatic heterocycles. The Balaban J connectivity index is 0.00000144. The number of fused-ring (bicyclic) bond motifs is 5. The molecule has 4 heteroatoms. The maximum Gasteiger partial charge on any atom is 0.167 e. The van der Waals surface area contributed by atoms with Crippen molar-refractivity contribution in [2.45, 2.75) is 33.6 Å². The average Bonchev–Trinajstić information content (AvgIpc) is 2.75. The molecule has 4 rings (SSSR count). The number of benzene rings is 1. The SMILES string of the molecule is Cc1nc2c(c3[nH]c4ccccc4c13)C(=O)CC(C)(C)C2.Cl. The van der Waals surface area contributed by atoms with Crippen molar-refractivity contribution in [2.75, 3.05) is 0 Å². The van der Waals surface area contributed by atoms with Crippen LogP contribution in [0.5, 0.6) is 0 Å². The summed E-state index contributed by atoms with van der Waals surface area (Å²) in [5.74, 6) is 0.213. The van der Waals surface area contributed by atoms with Crippen LogP contribution in [0.2, 0.25) is 0 Å². The Hall–Kier alpha value is -1.87. The summed E-state index contributed by atoms with van der Waals surface area (Å²) in [7, 11) is 0. The Kier molecular flexibility index (Phi) is 3.29. The minimum Gasteiger partial charge on any atom is -0.354 e. The number of hydrogen-bond acceptors (Lipinski definition) is 2. The van der Waals surface area contributed by atoms with Crippen LogP contribution in [0, 0.1) is 12.3 Å². The number of aryl methyl sites for hydroxylation is 1. The smallest absolute Gasteiger partial charge is 0.167 e. The van der Waals surface area contributed by atoms with Crippen molar-refractivity contribution in [3.8, 4) is 0 Å². The van der Waals surface area contributed by atoms with E-state index in [1.165, 1.54) is 0 Å². The molecule has 0 saturated carbocycles. The van der Waals surface area contributed by atoms with Gasteiger partial charge in [0.05, 0.1) is 16.8 Å². The zero-order valence-corrected chi connectivity index (χ0v) is 13.8. The molecule has 0 atom stereocenters. The van der Waals surface area contributed by atoms with E-state index in [0.717, 1.165) is 45.2 Å². The maximum atomic E-state index is 12.6. The predicted molar refractivity (Wildman–Crippen MR) is 92.0 cm³/mol. The largest absolute Gasteiger partial charge is 0.354 e. The molecule has 3 aromatic rings. The first-order valence-electron chi connectivity index (χ1n) is 7.39. The molecule has 1 aromatic carbocycles. The second-order valence-electron chi connectivity index (χ2n) is 6.88. The number of hydrogen-bond donors (Lipinski definition) is 1. The van der Waals surface area contributed by atoms with Gasteiger partial charge in [-0.15, -0.1) is 12.4 Å². The topological polar surface area (TPSA) is 45.8 Å². The van der Waals surface area contributed by atoms with Gasteiger partial charge in [0.15, 0.2) is 5.78 Å². The summed E-state index contributed by atoms with van der Waals surface area (Å²) < 4.78 is 0. The molecule has 0 aliphatic heterocycles. The molecule has 0 fully saturated rings. The second-order valence-corrected chi connectivity index (χ2v) is 6.88. The number of nitrogens with zero attached hydrogens (tertiary/aromatic N) is 1. The summed E-state index contributed by atoms with van der Waals surface area (Å²) in [5, 5.41) is 2.25. The van der Waals surface area contributed by atoms with E-state index in [2.05, 4.69) is 31.0 Å². The summed E-state index contributed by atoms with van der Waals surface area (Å²) in [4.78, 5) is 20.9. The van der Waals surface area contributed by atoms with Gasteiger partial charge in [-0.1, -0.05) is 32.0 Å². The van der Waals surface area contributed by atoms with Gasteiger partial charge in [-0.05, 0) is 24.8 Å². The predicted octanol–water partition coefficient (Wildman–Crippen LogP) is 4.60. The molecule has 2 heterocycles. The van der Waals surface area contributed by atoms with E-state index in [1.807, 2.05) is 19.1 Å². The Morgan fingerprint density at radius 2 is 1.91 bits per heavy atom. The zero-order chi connectivity index (χ0) is 14.8. The molecular formula is C18H19ClN2O. The lowest BCUT2D eigenvalue weighted by molar-refractivity contribution is 0.0912. The van der Waals surface area contributed by atoms with Crippen molar-refractivity contribution in [3.05, 3.63) is 41.2 Å². The van der Waals surface area contributed by atoms with E-state index in [4.69, 9.17) is 4.98 Å². The van der Waals surface area contributed by atoms with Crippen molar-refractivity contribution in [1.82, 2.24) is 9.97 Å². The first kappa shape index (κ1) is 15.0. The second kappa shape index (κ2) is 4.82. The van der Waals surface area contributed by atoms with Crippen molar-refractivity contribution < 1.29 is 4.79 Å². The highest BCUT2D eigenvalue weighted by atomic mass is 35.5. The third-order valence-corrected chi connectivity index (χ3v) is 4.47. The van der Waals surface area contributed by atoms with Crippen molar-refractivity contribution in [3.63, 3.8) is 0 Å². The number of pyridine rings is 1. The number of carbonyl (C=O) groups is 1. The summed E-state index contributed by atoms with van der Waals surface area (Å²) in [6.07, 6.45) is 1.45. The molecular weight excluding hydrogens is 296 g/mol. The molecule has 0 radical (unpaired) electrons. The lowest BCUT2D eigenvalue weighted by atomic mass is 9.75. The number of aromatic nitrogens is 2. The minimum absolute atomic E-state index is 0. The Morgan fingerprint density at radius 1 is 1.18 bits per heavy atom. The maximum absolute atomic E-state index is 12.6. The molecule has 1 aliphatic carbocycles. The van der Waals surface area contributed by atoms with Gasteiger partial charge < -0.3 is 4.98 Å². The van der Waals surface area contributed by atoms with Crippen LogP contribution >= 0.6 is 12.4 Å². The lowest BCUT2D eigenvalue weighted by Gasteiger charge is -2.29. The summed E-state index contributed by atoms with van der Waals surface area (Å²) >= 11 is 0. The average molecular weight is 315 g/mol. The van der Waals surface area contributed by atoms with Crippen LogP contribution in [0.25, 0.3) is 21.8 Å². The summed E-state index contributed by atoms with van der Waals surface area (Å²) in [6, 6.07) is 8.18. The number of rotatable bonds is 0. The normalized spacial score (nSPS) is 16.6. The van der Waals surface area contributed by atoms with Crippen LogP contribution in [0.3, 0.4) is 0 Å². The van der Waals surface area contributed by atoms with Crippen molar-refractivity contribution in [2.24, 2.45) is 5.41 Å². The molecule has 1 aliphatic rings. The van der Waals surface area contributed by atoms with Gasteiger partial charge in [0.2, 0.25) is 0 Å². The third-order valence-electron chi connectivity index (χ3n) is 4.47. The first-order chi connectivity index (χ1) is 9.96. The molecule has 1 N–H and O–H groups in total. The van der Waals surface area contributed by atoms with Gasteiger partial charge in [0.1, 0.15) is 0 Å². The van der Waals surface area contributed by atoms with E-state index >= 15 is 0 Å². The van der Waals surface area contributed by atoms with E-state index in [9.17, 15) is 4.79 Å². The van der Waals surface area contributed by atoms with E-state index < -0.39 is 0 Å². The number of carbonyl (C=O) groups excluding carboxylic acids is 1. The number of para-hydroxylation sites is 1. The van der Waals surface area contributed by atoms with Crippen molar-refractivity contribution in [1.29, 1.82) is 0 Å². The van der Waals surface area contributed by atoms with Gasteiger partial charge in [-0.25, -0.2) is 0 Å². The molecule has 0 amide bonds. The Morgan fingerprint density at radius 3 is 2.68 bits per heavy atom. The van der Waals surface area contributed by atoms with Gasteiger partial charge in [0, 0.05) is 28.4 Å². The monoisotopic (exact) mass is 314 g/mol. The number of halogens is 1. The number of Topliss-reactive ketones (excluding diaryl/α,β-unsaturated/α-hetero) is 1. The minimum atomic E-state index is 0. The highest BCUT2D eigenvalue weighted by molar-refractivity contribution is 6.17. The Labute approximate surface area is 135 Å². The summed E-state index contributed by atoms with van der Waals surface area (Å²) in [6.45, 7) is 6.31. The number of ketones is 1. The molecule has 22 heavy (non-hydrogen) atoms.